The van der Waals surface area contributed by atoms with Crippen LogP contribution in [-0.4, -0.2) is 46.1 Å². The van der Waals surface area contributed by atoms with Crippen LogP contribution in [0.25, 0.3) is 5.70 Å². The van der Waals surface area contributed by atoms with E-state index in [-0.39, 0.29) is 6.54 Å². The van der Waals surface area contributed by atoms with Gasteiger partial charge < -0.3 is 14.4 Å². The van der Waals surface area contributed by atoms with Gasteiger partial charge in [0.25, 0.3) is 0 Å². The second-order valence-corrected chi connectivity index (χ2v) is 3.35. The first-order chi connectivity index (χ1) is 7.70. The van der Waals surface area contributed by atoms with Gasteiger partial charge in [0.1, 0.15) is 0 Å². The average molecular weight is 221 g/mol. The Balaban J connectivity index is 2.51. The molecular weight excluding hydrogens is 210 g/mol. The molecule has 0 radical (unpaired) electrons. The van der Waals surface area contributed by atoms with E-state index < -0.39 is 11.6 Å². The van der Waals surface area contributed by atoms with Crippen molar-refractivity contribution in [1.82, 2.24) is 9.55 Å². The van der Waals surface area contributed by atoms with E-state index in [1.54, 1.807) is 29.3 Å². The van der Waals surface area contributed by atoms with Gasteiger partial charge in [0.05, 0.1) is 18.6 Å². The lowest BCUT2D eigenvalue weighted by molar-refractivity contribution is -0.154. The first kappa shape index (κ1) is 10.6. The fourth-order valence-corrected chi connectivity index (χ4v) is 1.65. The number of hydrogen-bond acceptors (Lipinski definition) is 4. The van der Waals surface area contributed by atoms with E-state index in [1.165, 1.54) is 13.4 Å². The quantitative estimate of drug-likeness (QED) is 0.795. The number of nitrogens with zero attached hydrogens (tertiary/aromatic N) is 3. The molecule has 0 amide bonds. The zero-order chi connectivity index (χ0) is 11.6. The fourth-order valence-electron chi connectivity index (χ4n) is 1.65. The predicted molar refractivity (Wildman–Crippen MR) is 57.2 cm³/mol. The topological polar surface area (TPSA) is 76.7 Å². The highest BCUT2D eigenvalue weighted by molar-refractivity contribution is 5.97. The molecule has 84 valence electrons. The van der Waals surface area contributed by atoms with Gasteiger partial charge in [0, 0.05) is 25.7 Å². The zero-order valence-corrected chi connectivity index (χ0v) is 8.70. The molecule has 0 bridgehead atoms. The van der Waals surface area contributed by atoms with Gasteiger partial charge in [0.2, 0.25) is 5.60 Å². The van der Waals surface area contributed by atoms with Crippen LogP contribution in [0, 0.1) is 0 Å². The minimum absolute atomic E-state index is 0.0584. The third kappa shape index (κ3) is 1.43. The van der Waals surface area contributed by atoms with Crippen LogP contribution in [0.2, 0.25) is 0 Å². The first-order valence-corrected chi connectivity index (χ1v) is 4.68. The summed E-state index contributed by atoms with van der Waals surface area (Å²) in [5, 5.41) is 9.28. The SMILES string of the molecule is COC1(C(=O)O)CN=CC=C1n1ccnc1. The zero-order valence-electron chi connectivity index (χ0n) is 8.70. The van der Waals surface area contributed by atoms with Crippen LogP contribution in [0.4, 0.5) is 0 Å². The van der Waals surface area contributed by atoms with E-state index in [1.807, 2.05) is 0 Å². The normalized spacial score (nSPS) is 24.2. The maximum atomic E-state index is 11.3. The summed E-state index contributed by atoms with van der Waals surface area (Å²) in [4.78, 5) is 19.2. The van der Waals surface area contributed by atoms with Crippen molar-refractivity contribution in [2.24, 2.45) is 4.99 Å². The number of allylic oxidation sites excluding steroid dienone is 1. The number of methoxy groups -OCH3 is 1. The largest absolute Gasteiger partial charge is 0.479 e. The molecule has 16 heavy (non-hydrogen) atoms. The molecular formula is C10H11N3O3. The van der Waals surface area contributed by atoms with Gasteiger partial charge in [0.15, 0.2) is 0 Å². The molecule has 2 heterocycles. The maximum absolute atomic E-state index is 11.3. The number of dihydropyridines is 1. The van der Waals surface area contributed by atoms with E-state index in [2.05, 4.69) is 9.98 Å². The van der Waals surface area contributed by atoms with E-state index in [9.17, 15) is 9.90 Å². The highest BCUT2D eigenvalue weighted by Crippen LogP contribution is 2.28. The molecule has 1 aromatic heterocycles. The van der Waals surface area contributed by atoms with Crippen LogP contribution >= 0.6 is 0 Å². The van der Waals surface area contributed by atoms with E-state index >= 15 is 0 Å². The average Bonchev–Trinajstić information content (AvgIpc) is 2.81. The highest BCUT2D eigenvalue weighted by atomic mass is 16.5. The van der Waals surface area contributed by atoms with Gasteiger partial charge in [-0.2, -0.15) is 0 Å². The molecule has 1 unspecified atom stereocenters. The number of carboxylic acid groups (broad SMARTS) is 1. The molecule has 0 aliphatic carbocycles. The van der Waals surface area contributed by atoms with Crippen molar-refractivity contribution in [3.63, 3.8) is 0 Å². The molecule has 6 nitrogen and oxygen atoms in total. The van der Waals surface area contributed by atoms with Crippen molar-refractivity contribution in [3.05, 3.63) is 24.8 Å². The molecule has 1 N–H and O–H groups in total. The van der Waals surface area contributed by atoms with Crippen molar-refractivity contribution >= 4 is 17.9 Å². The number of imidazole rings is 1. The van der Waals surface area contributed by atoms with E-state index in [0.717, 1.165) is 0 Å². The first-order valence-electron chi connectivity index (χ1n) is 4.68. The van der Waals surface area contributed by atoms with Crippen LogP contribution in [-0.2, 0) is 9.53 Å². The van der Waals surface area contributed by atoms with Gasteiger partial charge in [-0.05, 0) is 6.08 Å². The molecule has 0 aromatic carbocycles. The Hall–Kier alpha value is -1.95. The third-order valence-electron chi connectivity index (χ3n) is 2.54. The minimum Gasteiger partial charge on any atom is -0.479 e. The molecule has 0 saturated heterocycles. The molecule has 1 aliphatic heterocycles. The number of aliphatic carboxylic acids is 1. The summed E-state index contributed by atoms with van der Waals surface area (Å²) in [7, 11) is 1.36. The summed E-state index contributed by atoms with van der Waals surface area (Å²) in [5.41, 5.74) is -0.940. The number of carbonyl (C=O) groups is 1. The minimum atomic E-state index is -1.44. The lowest BCUT2D eigenvalue weighted by atomic mass is 9.97. The molecule has 6 heteroatoms. The van der Waals surface area contributed by atoms with Crippen molar-refractivity contribution in [2.75, 3.05) is 13.7 Å². The van der Waals surface area contributed by atoms with E-state index in [0.29, 0.717) is 5.70 Å². The van der Waals surface area contributed by atoms with Crippen molar-refractivity contribution in [1.29, 1.82) is 0 Å². The Kier molecular flexibility index (Phi) is 2.57. The Morgan fingerprint density at radius 2 is 2.50 bits per heavy atom. The smallest absolute Gasteiger partial charge is 0.344 e. The highest BCUT2D eigenvalue weighted by Gasteiger charge is 2.44. The van der Waals surface area contributed by atoms with Gasteiger partial charge in [-0.3, -0.25) is 4.99 Å². The molecule has 0 saturated carbocycles. The Labute approximate surface area is 91.9 Å². The molecule has 1 aliphatic rings. The number of carboxylic acids is 1. The lowest BCUT2D eigenvalue weighted by Crippen LogP contribution is -2.47. The summed E-state index contributed by atoms with van der Waals surface area (Å²) >= 11 is 0. The van der Waals surface area contributed by atoms with Gasteiger partial charge >= 0.3 is 5.97 Å². The summed E-state index contributed by atoms with van der Waals surface area (Å²) in [5.74, 6) is -1.06. The predicted octanol–water partition coefficient (Wildman–Crippen LogP) is 0.278. The van der Waals surface area contributed by atoms with Crippen molar-refractivity contribution in [3.8, 4) is 0 Å². The van der Waals surface area contributed by atoms with Crippen LogP contribution in [0.15, 0.2) is 29.8 Å². The molecule has 0 spiro atoms. The summed E-state index contributed by atoms with van der Waals surface area (Å²) in [6.45, 7) is 0.0584. The number of rotatable bonds is 3. The fraction of sp³-hybridized carbons (Fsp3) is 0.300. The second kappa shape index (κ2) is 3.90. The standard InChI is InChI=1S/C10H11N3O3/c1-16-10(9(14)15)6-11-3-2-8(10)13-5-4-12-7-13/h2-5,7H,6H2,1H3,(H,14,15). The van der Waals surface area contributed by atoms with Crippen molar-refractivity contribution < 1.29 is 14.6 Å². The molecule has 1 atom stereocenters. The Morgan fingerprint density at radius 3 is 3.06 bits per heavy atom. The molecule has 0 fully saturated rings. The number of ether oxygens (including phenoxy) is 1. The lowest BCUT2D eigenvalue weighted by Gasteiger charge is -2.30. The summed E-state index contributed by atoms with van der Waals surface area (Å²) in [6.07, 6.45) is 7.95. The maximum Gasteiger partial charge on any atom is 0.344 e. The van der Waals surface area contributed by atoms with E-state index in [4.69, 9.17) is 4.74 Å². The summed E-state index contributed by atoms with van der Waals surface area (Å²) < 4.78 is 6.76. The molecule has 1 aromatic rings. The second-order valence-electron chi connectivity index (χ2n) is 3.35. The Bertz CT molecular complexity index is 450. The van der Waals surface area contributed by atoms with Crippen molar-refractivity contribution in [2.45, 2.75) is 5.60 Å². The van der Waals surface area contributed by atoms with Crippen LogP contribution in [0.5, 0.6) is 0 Å². The van der Waals surface area contributed by atoms with Crippen LogP contribution < -0.4 is 0 Å². The van der Waals surface area contributed by atoms with Gasteiger partial charge in [-0.25, -0.2) is 9.78 Å². The third-order valence-corrected chi connectivity index (χ3v) is 2.54. The number of aromatic nitrogens is 2. The van der Waals surface area contributed by atoms with Gasteiger partial charge in [-0.15, -0.1) is 0 Å². The summed E-state index contributed by atoms with van der Waals surface area (Å²) in [6, 6.07) is 0. The van der Waals surface area contributed by atoms with Gasteiger partial charge in [-0.1, -0.05) is 0 Å². The Morgan fingerprint density at radius 1 is 1.69 bits per heavy atom. The number of aliphatic imine (C=N–C) groups is 1. The number of hydrogen-bond donors (Lipinski definition) is 1. The monoisotopic (exact) mass is 221 g/mol. The van der Waals surface area contributed by atoms with Crippen LogP contribution in [0.1, 0.15) is 0 Å². The van der Waals surface area contributed by atoms with Crippen LogP contribution in [0.3, 0.4) is 0 Å². The molecule has 2 rings (SSSR count).